The Labute approximate surface area is 99.8 Å². The van der Waals surface area contributed by atoms with E-state index >= 15 is 0 Å². The summed E-state index contributed by atoms with van der Waals surface area (Å²) in [7, 11) is 0. The predicted molar refractivity (Wildman–Crippen MR) is 64.6 cm³/mol. The van der Waals surface area contributed by atoms with Gasteiger partial charge < -0.3 is 10.1 Å². The number of nitrogens with zero attached hydrogens (tertiary/aromatic N) is 2. The summed E-state index contributed by atoms with van der Waals surface area (Å²) >= 11 is 0. The lowest BCUT2D eigenvalue weighted by Gasteiger charge is -2.06. The largest absolute Gasteiger partial charge is 0.395 e. The van der Waals surface area contributed by atoms with Gasteiger partial charge in [-0.15, -0.1) is 0 Å². The number of aryl methyl sites for hydroxylation is 1. The third kappa shape index (κ3) is 1.65. The molecule has 1 aliphatic rings. The number of H-pyrrole nitrogens is 1. The van der Waals surface area contributed by atoms with Crippen molar-refractivity contribution >= 4 is 0 Å². The molecule has 0 atom stereocenters. The van der Waals surface area contributed by atoms with Crippen LogP contribution in [-0.2, 0) is 5.41 Å². The summed E-state index contributed by atoms with van der Waals surface area (Å²) in [6.45, 7) is 2.16. The van der Waals surface area contributed by atoms with Crippen molar-refractivity contribution in [3.05, 3.63) is 35.9 Å². The minimum absolute atomic E-state index is 0.113. The lowest BCUT2D eigenvalue weighted by Crippen LogP contribution is -2.13. The van der Waals surface area contributed by atoms with Gasteiger partial charge in [0.15, 0.2) is 0 Å². The average Bonchev–Trinajstić information content (AvgIpc) is 3.08. The van der Waals surface area contributed by atoms with Gasteiger partial charge in [-0.2, -0.15) is 0 Å². The van der Waals surface area contributed by atoms with Crippen molar-refractivity contribution in [2.75, 3.05) is 6.61 Å². The Morgan fingerprint density at radius 3 is 2.82 bits per heavy atom. The Hall–Kier alpha value is -1.68. The van der Waals surface area contributed by atoms with E-state index in [0.717, 1.165) is 35.7 Å². The van der Waals surface area contributed by atoms with Crippen LogP contribution in [0.4, 0.5) is 0 Å². The highest BCUT2D eigenvalue weighted by atomic mass is 16.3. The SMILES string of the molecule is Cc1[nH]c(C2(CO)CC2)nc1-c1ccccn1. The lowest BCUT2D eigenvalue weighted by molar-refractivity contribution is 0.250. The lowest BCUT2D eigenvalue weighted by atomic mass is 10.1. The zero-order chi connectivity index (χ0) is 11.9. The van der Waals surface area contributed by atoms with Gasteiger partial charge in [0.1, 0.15) is 11.5 Å². The molecule has 0 radical (unpaired) electrons. The molecular formula is C13H15N3O. The highest BCUT2D eigenvalue weighted by Gasteiger charge is 2.46. The first-order valence-electron chi connectivity index (χ1n) is 5.84. The van der Waals surface area contributed by atoms with Crippen molar-refractivity contribution < 1.29 is 5.11 Å². The number of hydrogen-bond donors (Lipinski definition) is 2. The fraction of sp³-hybridized carbons (Fsp3) is 0.385. The predicted octanol–water partition coefficient (Wildman–Crippen LogP) is 1.80. The van der Waals surface area contributed by atoms with E-state index in [1.54, 1.807) is 6.20 Å². The maximum absolute atomic E-state index is 9.41. The Morgan fingerprint density at radius 2 is 2.24 bits per heavy atom. The van der Waals surface area contributed by atoms with Gasteiger partial charge in [-0.25, -0.2) is 4.98 Å². The molecule has 17 heavy (non-hydrogen) atoms. The van der Waals surface area contributed by atoms with Crippen LogP contribution in [0.1, 0.15) is 24.4 Å². The van der Waals surface area contributed by atoms with Gasteiger partial charge in [-0.3, -0.25) is 4.98 Å². The number of pyridine rings is 1. The monoisotopic (exact) mass is 229 g/mol. The maximum Gasteiger partial charge on any atom is 0.115 e. The zero-order valence-corrected chi connectivity index (χ0v) is 9.77. The highest BCUT2D eigenvalue weighted by molar-refractivity contribution is 5.57. The number of aromatic amines is 1. The van der Waals surface area contributed by atoms with E-state index < -0.39 is 0 Å². The minimum Gasteiger partial charge on any atom is -0.395 e. The van der Waals surface area contributed by atoms with Gasteiger partial charge >= 0.3 is 0 Å². The zero-order valence-electron chi connectivity index (χ0n) is 9.77. The number of hydrogen-bond acceptors (Lipinski definition) is 3. The second-order valence-electron chi connectivity index (χ2n) is 4.71. The number of imidazole rings is 1. The number of rotatable bonds is 3. The third-order valence-corrected chi connectivity index (χ3v) is 3.45. The summed E-state index contributed by atoms with van der Waals surface area (Å²) in [5.41, 5.74) is 2.66. The van der Waals surface area contributed by atoms with Crippen LogP contribution in [0, 0.1) is 6.92 Å². The molecule has 2 heterocycles. The summed E-state index contributed by atoms with van der Waals surface area (Å²) < 4.78 is 0. The molecule has 2 N–H and O–H groups in total. The van der Waals surface area contributed by atoms with Gasteiger partial charge in [0.05, 0.1) is 17.7 Å². The van der Waals surface area contributed by atoms with Crippen LogP contribution in [0.25, 0.3) is 11.4 Å². The summed E-state index contributed by atoms with van der Waals surface area (Å²) in [5.74, 6) is 0.901. The molecule has 0 unspecified atom stereocenters. The van der Waals surface area contributed by atoms with E-state index in [9.17, 15) is 5.11 Å². The summed E-state index contributed by atoms with van der Waals surface area (Å²) in [4.78, 5) is 12.2. The number of aliphatic hydroxyl groups is 1. The molecule has 1 aliphatic carbocycles. The minimum atomic E-state index is -0.113. The van der Waals surface area contributed by atoms with E-state index in [0.29, 0.717) is 0 Å². The first-order valence-corrected chi connectivity index (χ1v) is 5.84. The fourth-order valence-electron chi connectivity index (χ4n) is 2.08. The Bertz CT molecular complexity index is 529. The van der Waals surface area contributed by atoms with Crippen molar-refractivity contribution in [2.24, 2.45) is 0 Å². The molecule has 0 amide bonds. The molecule has 0 spiro atoms. The Kier molecular flexibility index (Phi) is 2.26. The van der Waals surface area contributed by atoms with E-state index in [1.165, 1.54) is 0 Å². The van der Waals surface area contributed by atoms with Crippen molar-refractivity contribution in [3.63, 3.8) is 0 Å². The first-order chi connectivity index (χ1) is 8.25. The Balaban J connectivity index is 2.03. The average molecular weight is 229 g/mol. The number of aliphatic hydroxyl groups excluding tert-OH is 1. The van der Waals surface area contributed by atoms with Crippen LogP contribution in [0.5, 0.6) is 0 Å². The first kappa shape index (κ1) is 10.5. The summed E-state index contributed by atoms with van der Waals surface area (Å²) in [6, 6.07) is 5.79. The molecule has 88 valence electrons. The van der Waals surface area contributed by atoms with Gasteiger partial charge in [-0.1, -0.05) is 6.07 Å². The molecule has 0 saturated heterocycles. The fourth-order valence-corrected chi connectivity index (χ4v) is 2.08. The van der Waals surface area contributed by atoms with Crippen LogP contribution in [0.15, 0.2) is 24.4 Å². The van der Waals surface area contributed by atoms with Gasteiger partial charge in [0, 0.05) is 11.9 Å². The third-order valence-electron chi connectivity index (χ3n) is 3.45. The van der Waals surface area contributed by atoms with Crippen LogP contribution in [0.3, 0.4) is 0 Å². The molecule has 4 heteroatoms. The van der Waals surface area contributed by atoms with Crippen molar-refractivity contribution in [1.82, 2.24) is 15.0 Å². The van der Waals surface area contributed by atoms with Crippen LogP contribution < -0.4 is 0 Å². The van der Waals surface area contributed by atoms with Crippen LogP contribution in [0.2, 0.25) is 0 Å². The smallest absolute Gasteiger partial charge is 0.115 e. The van der Waals surface area contributed by atoms with Gasteiger partial charge in [0.2, 0.25) is 0 Å². The normalized spacial score (nSPS) is 17.1. The molecule has 2 aromatic rings. The van der Waals surface area contributed by atoms with Crippen molar-refractivity contribution in [3.8, 4) is 11.4 Å². The van der Waals surface area contributed by atoms with Gasteiger partial charge in [0.25, 0.3) is 0 Å². The van der Waals surface area contributed by atoms with Gasteiger partial charge in [-0.05, 0) is 31.9 Å². The molecule has 3 rings (SSSR count). The molecule has 4 nitrogen and oxygen atoms in total. The van der Waals surface area contributed by atoms with Crippen LogP contribution in [-0.4, -0.2) is 26.7 Å². The molecule has 0 aromatic carbocycles. The van der Waals surface area contributed by atoms with E-state index in [-0.39, 0.29) is 12.0 Å². The summed E-state index contributed by atoms with van der Waals surface area (Å²) in [6.07, 6.45) is 3.79. The van der Waals surface area contributed by atoms with Crippen molar-refractivity contribution in [1.29, 1.82) is 0 Å². The number of aromatic nitrogens is 3. The molecule has 0 bridgehead atoms. The molecule has 1 saturated carbocycles. The molecule has 1 fully saturated rings. The highest BCUT2D eigenvalue weighted by Crippen LogP contribution is 2.46. The molecular weight excluding hydrogens is 214 g/mol. The molecule has 2 aromatic heterocycles. The standard InChI is InChI=1S/C13H15N3O/c1-9-11(10-4-2-3-7-14-10)16-12(15-9)13(8-17)5-6-13/h2-4,7,17H,5-6,8H2,1H3,(H,15,16). The Morgan fingerprint density at radius 1 is 1.41 bits per heavy atom. The summed E-state index contributed by atoms with van der Waals surface area (Å²) in [5, 5.41) is 9.41. The van der Waals surface area contributed by atoms with E-state index in [4.69, 9.17) is 0 Å². The second-order valence-corrected chi connectivity index (χ2v) is 4.71. The van der Waals surface area contributed by atoms with Crippen molar-refractivity contribution in [2.45, 2.75) is 25.2 Å². The second kappa shape index (κ2) is 3.67. The van der Waals surface area contributed by atoms with E-state index in [2.05, 4.69) is 15.0 Å². The number of nitrogens with one attached hydrogen (secondary N) is 1. The molecule has 0 aliphatic heterocycles. The quantitative estimate of drug-likeness (QED) is 0.843. The van der Waals surface area contributed by atoms with E-state index in [1.807, 2.05) is 25.1 Å². The van der Waals surface area contributed by atoms with Crippen LogP contribution >= 0.6 is 0 Å². The maximum atomic E-state index is 9.41. The topological polar surface area (TPSA) is 61.8 Å².